The van der Waals surface area contributed by atoms with E-state index in [2.05, 4.69) is 10.3 Å². The van der Waals surface area contributed by atoms with Crippen molar-refractivity contribution >= 4 is 17.9 Å². The van der Waals surface area contributed by atoms with Gasteiger partial charge in [0.25, 0.3) is 0 Å². The second-order valence-corrected chi connectivity index (χ2v) is 4.85. The summed E-state index contributed by atoms with van der Waals surface area (Å²) in [7, 11) is 0. The number of carbonyl (C=O) groups is 1. The summed E-state index contributed by atoms with van der Waals surface area (Å²) in [4.78, 5) is 10.9. The quantitative estimate of drug-likeness (QED) is 0.797. The molecule has 0 radical (unpaired) electrons. The largest absolute Gasteiger partial charge is 0.296 e. The van der Waals surface area contributed by atoms with Crippen molar-refractivity contribution in [1.29, 1.82) is 0 Å². The van der Waals surface area contributed by atoms with Crippen LogP contribution in [0.2, 0.25) is 5.02 Å². The molecule has 2 aromatic rings. The third-order valence-electron chi connectivity index (χ3n) is 2.71. The Kier molecular flexibility index (Phi) is 3.77. The van der Waals surface area contributed by atoms with Gasteiger partial charge >= 0.3 is 0 Å². The van der Waals surface area contributed by atoms with Gasteiger partial charge in [-0.15, -0.1) is 5.10 Å². The van der Waals surface area contributed by atoms with Gasteiger partial charge in [-0.05, 0) is 23.6 Å². The molecule has 18 heavy (non-hydrogen) atoms. The van der Waals surface area contributed by atoms with E-state index in [9.17, 15) is 4.79 Å². The molecule has 5 heteroatoms. The predicted molar refractivity (Wildman–Crippen MR) is 70.1 cm³/mol. The molecule has 0 unspecified atom stereocenters. The van der Waals surface area contributed by atoms with E-state index in [1.165, 1.54) is 0 Å². The lowest BCUT2D eigenvalue weighted by Gasteiger charge is -2.09. The first-order valence-electron chi connectivity index (χ1n) is 5.75. The van der Waals surface area contributed by atoms with Crippen molar-refractivity contribution in [3.8, 4) is 0 Å². The van der Waals surface area contributed by atoms with E-state index in [0.717, 1.165) is 17.5 Å². The minimum atomic E-state index is 0.201. The van der Waals surface area contributed by atoms with Crippen molar-refractivity contribution in [3.05, 3.63) is 46.2 Å². The maximum absolute atomic E-state index is 10.9. The molecule has 94 valence electrons. The van der Waals surface area contributed by atoms with Crippen molar-refractivity contribution in [1.82, 2.24) is 15.0 Å². The number of hydrogen-bond acceptors (Lipinski definition) is 3. The predicted octanol–water partition coefficient (Wildman–Crippen LogP) is 2.92. The average Bonchev–Trinajstić information content (AvgIpc) is 2.75. The summed E-state index contributed by atoms with van der Waals surface area (Å²) in [6, 6.07) is 7.55. The van der Waals surface area contributed by atoms with Gasteiger partial charge in [0.1, 0.15) is 5.69 Å². The highest BCUT2D eigenvalue weighted by molar-refractivity contribution is 6.30. The number of rotatable bonds is 4. The highest BCUT2D eigenvalue weighted by atomic mass is 35.5. The molecule has 0 aliphatic rings. The number of benzene rings is 1. The Morgan fingerprint density at radius 2 is 2.00 bits per heavy atom. The topological polar surface area (TPSA) is 47.8 Å². The van der Waals surface area contributed by atoms with Crippen molar-refractivity contribution in [3.63, 3.8) is 0 Å². The van der Waals surface area contributed by atoms with Gasteiger partial charge in [-0.3, -0.25) is 4.79 Å². The number of halogens is 1. The van der Waals surface area contributed by atoms with Crippen LogP contribution in [0.15, 0.2) is 24.3 Å². The Bertz CT molecular complexity index is 546. The molecule has 0 aliphatic carbocycles. The number of carbonyl (C=O) groups excluding carboxylic acids is 1. The van der Waals surface area contributed by atoms with Crippen LogP contribution in [0.1, 0.15) is 41.5 Å². The third kappa shape index (κ3) is 2.59. The van der Waals surface area contributed by atoms with Crippen molar-refractivity contribution in [2.24, 2.45) is 0 Å². The molecule has 1 aromatic heterocycles. The average molecular weight is 264 g/mol. The fourth-order valence-corrected chi connectivity index (χ4v) is 2.02. The zero-order chi connectivity index (χ0) is 13.1. The lowest BCUT2D eigenvalue weighted by atomic mass is 10.1. The molecule has 0 bridgehead atoms. The highest BCUT2D eigenvalue weighted by Gasteiger charge is 2.15. The number of hydrogen-bond donors (Lipinski definition) is 0. The summed E-state index contributed by atoms with van der Waals surface area (Å²) >= 11 is 5.84. The molecule has 1 aromatic carbocycles. The van der Waals surface area contributed by atoms with Crippen LogP contribution in [0, 0.1) is 0 Å². The highest BCUT2D eigenvalue weighted by Crippen LogP contribution is 2.18. The van der Waals surface area contributed by atoms with Crippen molar-refractivity contribution in [2.45, 2.75) is 26.3 Å². The van der Waals surface area contributed by atoms with Crippen LogP contribution in [-0.4, -0.2) is 21.3 Å². The molecule has 4 nitrogen and oxygen atoms in total. The smallest absolute Gasteiger partial charge is 0.172 e. The van der Waals surface area contributed by atoms with Gasteiger partial charge in [0.2, 0.25) is 0 Å². The van der Waals surface area contributed by atoms with E-state index < -0.39 is 0 Å². The van der Waals surface area contributed by atoms with Gasteiger partial charge < -0.3 is 0 Å². The summed E-state index contributed by atoms with van der Waals surface area (Å²) in [6.07, 6.45) is 0.751. The lowest BCUT2D eigenvalue weighted by molar-refractivity contribution is 0.111. The molecule has 1 heterocycles. The van der Waals surface area contributed by atoms with Crippen LogP contribution in [0.5, 0.6) is 0 Å². The normalized spacial score (nSPS) is 10.9. The zero-order valence-corrected chi connectivity index (χ0v) is 11.1. The molecule has 0 N–H and O–H groups in total. The molecule has 0 fully saturated rings. The summed E-state index contributed by atoms with van der Waals surface area (Å²) < 4.78 is 1.76. The van der Waals surface area contributed by atoms with E-state index in [-0.39, 0.29) is 5.92 Å². The van der Waals surface area contributed by atoms with Gasteiger partial charge in [-0.1, -0.05) is 42.8 Å². The molecule has 0 aliphatic heterocycles. The molecular formula is C13H14ClN3O. The fraction of sp³-hybridized carbons (Fsp3) is 0.308. The summed E-state index contributed by atoms with van der Waals surface area (Å²) in [6.45, 7) is 4.62. The first-order valence-corrected chi connectivity index (χ1v) is 6.12. The van der Waals surface area contributed by atoms with Crippen molar-refractivity contribution < 1.29 is 4.79 Å². The lowest BCUT2D eigenvalue weighted by Crippen LogP contribution is -2.08. The SMILES string of the molecule is CC(C)c1c(C=O)nnn1Cc1ccc(Cl)cc1. The van der Waals surface area contributed by atoms with E-state index in [0.29, 0.717) is 17.3 Å². The Balaban J connectivity index is 2.31. The fourth-order valence-electron chi connectivity index (χ4n) is 1.89. The Labute approximate surface area is 111 Å². The molecule has 0 spiro atoms. The van der Waals surface area contributed by atoms with E-state index in [1.807, 2.05) is 38.1 Å². The van der Waals surface area contributed by atoms with Crippen LogP contribution in [-0.2, 0) is 6.54 Å². The van der Waals surface area contributed by atoms with Gasteiger partial charge in [-0.25, -0.2) is 4.68 Å². The summed E-state index contributed by atoms with van der Waals surface area (Å²) in [5, 5.41) is 8.62. The van der Waals surface area contributed by atoms with Crippen LogP contribution >= 0.6 is 11.6 Å². The summed E-state index contributed by atoms with van der Waals surface area (Å²) in [5.41, 5.74) is 2.35. The second-order valence-electron chi connectivity index (χ2n) is 4.42. The Morgan fingerprint density at radius 3 is 2.56 bits per heavy atom. The molecular weight excluding hydrogens is 250 g/mol. The minimum Gasteiger partial charge on any atom is -0.296 e. The molecule has 0 atom stereocenters. The molecule has 0 amide bonds. The van der Waals surface area contributed by atoms with Crippen LogP contribution < -0.4 is 0 Å². The van der Waals surface area contributed by atoms with Crippen LogP contribution in [0.25, 0.3) is 0 Å². The molecule has 0 saturated carbocycles. The van der Waals surface area contributed by atoms with Gasteiger partial charge in [0.05, 0.1) is 12.2 Å². The first-order chi connectivity index (χ1) is 8.61. The number of nitrogens with zero attached hydrogens (tertiary/aromatic N) is 3. The van der Waals surface area contributed by atoms with Gasteiger partial charge in [0.15, 0.2) is 6.29 Å². The van der Waals surface area contributed by atoms with E-state index >= 15 is 0 Å². The molecule has 0 saturated heterocycles. The van der Waals surface area contributed by atoms with E-state index in [1.54, 1.807) is 4.68 Å². The van der Waals surface area contributed by atoms with Gasteiger partial charge in [0, 0.05) is 5.02 Å². The second kappa shape index (κ2) is 5.31. The van der Waals surface area contributed by atoms with E-state index in [4.69, 9.17) is 11.6 Å². The number of aldehydes is 1. The summed E-state index contributed by atoms with van der Waals surface area (Å²) in [5.74, 6) is 0.201. The maximum atomic E-state index is 10.9. The standard InChI is InChI=1S/C13H14ClN3O/c1-9(2)13-12(8-18)15-16-17(13)7-10-3-5-11(14)6-4-10/h3-6,8-9H,7H2,1-2H3. The number of aromatic nitrogens is 3. The Morgan fingerprint density at radius 1 is 1.33 bits per heavy atom. The monoisotopic (exact) mass is 263 g/mol. The van der Waals surface area contributed by atoms with Crippen LogP contribution in [0.3, 0.4) is 0 Å². The Hall–Kier alpha value is -1.68. The first kappa shape index (κ1) is 12.8. The van der Waals surface area contributed by atoms with Crippen molar-refractivity contribution in [2.75, 3.05) is 0 Å². The van der Waals surface area contributed by atoms with Gasteiger partial charge in [-0.2, -0.15) is 0 Å². The maximum Gasteiger partial charge on any atom is 0.172 e. The third-order valence-corrected chi connectivity index (χ3v) is 2.96. The molecule has 2 rings (SSSR count). The zero-order valence-electron chi connectivity index (χ0n) is 10.3. The van der Waals surface area contributed by atoms with Crippen LogP contribution in [0.4, 0.5) is 0 Å². The minimum absolute atomic E-state index is 0.201.